The van der Waals surface area contributed by atoms with Crippen molar-refractivity contribution in [2.75, 3.05) is 25.7 Å². The number of benzene rings is 1. The van der Waals surface area contributed by atoms with Gasteiger partial charge in [0.1, 0.15) is 17.3 Å². The van der Waals surface area contributed by atoms with Crippen LogP contribution in [0.2, 0.25) is 0 Å². The van der Waals surface area contributed by atoms with Crippen LogP contribution in [0.25, 0.3) is 0 Å². The minimum Gasteiger partial charge on any atom is -0.497 e. The van der Waals surface area contributed by atoms with Crippen LogP contribution in [0.1, 0.15) is 25.1 Å². The van der Waals surface area contributed by atoms with Gasteiger partial charge in [0.25, 0.3) is 0 Å². The second-order valence-electron chi connectivity index (χ2n) is 6.12. The molecule has 3 rings (SSSR count). The van der Waals surface area contributed by atoms with E-state index >= 15 is 0 Å². The monoisotopic (exact) mass is 329 g/mol. The van der Waals surface area contributed by atoms with Crippen molar-refractivity contribution in [3.05, 3.63) is 48.4 Å². The molecule has 1 aromatic heterocycles. The van der Waals surface area contributed by atoms with Gasteiger partial charge >= 0.3 is 0 Å². The number of carbonyl (C=O) groups excluding carboxylic acids is 1. The average molecular weight is 329 g/mol. The van der Waals surface area contributed by atoms with E-state index in [0.717, 1.165) is 17.2 Å². The zero-order valence-electron chi connectivity index (χ0n) is 14.3. The highest BCUT2D eigenvalue weighted by Crippen LogP contribution is 2.39. The molecule has 2 heterocycles. The Morgan fingerprint density at radius 2 is 1.96 bits per heavy atom. The predicted molar refractivity (Wildman–Crippen MR) is 91.4 cm³/mol. The van der Waals surface area contributed by atoms with E-state index in [9.17, 15) is 4.79 Å². The maximum Gasteiger partial charge on any atom is 0.140 e. The number of ether oxygens (including phenoxy) is 2. The molecule has 0 saturated carbocycles. The molecule has 3 atom stereocenters. The van der Waals surface area contributed by atoms with Gasteiger partial charge in [-0.25, -0.2) is 0 Å². The van der Waals surface area contributed by atoms with Gasteiger partial charge in [0.2, 0.25) is 0 Å². The third kappa shape index (κ3) is 3.04. The van der Waals surface area contributed by atoms with Crippen LogP contribution in [0.15, 0.2) is 47.1 Å². The largest absolute Gasteiger partial charge is 0.497 e. The van der Waals surface area contributed by atoms with E-state index in [1.807, 2.05) is 43.3 Å². The summed E-state index contributed by atoms with van der Waals surface area (Å²) >= 11 is 0. The number of piperidine rings is 1. The van der Waals surface area contributed by atoms with Crippen LogP contribution in [0, 0.1) is 5.92 Å². The Labute approximate surface area is 142 Å². The van der Waals surface area contributed by atoms with Crippen molar-refractivity contribution in [2.24, 2.45) is 5.92 Å². The summed E-state index contributed by atoms with van der Waals surface area (Å²) in [6, 6.07) is 11.5. The molecule has 0 radical (unpaired) electrons. The lowest BCUT2D eigenvalue weighted by molar-refractivity contribution is -0.125. The molecule has 1 aliphatic rings. The molecule has 1 aromatic carbocycles. The topological polar surface area (TPSA) is 51.9 Å². The number of rotatable bonds is 5. The third-order valence-corrected chi connectivity index (χ3v) is 4.75. The summed E-state index contributed by atoms with van der Waals surface area (Å²) in [5.74, 6) is 1.74. The molecule has 5 nitrogen and oxygen atoms in total. The maximum absolute atomic E-state index is 12.5. The summed E-state index contributed by atoms with van der Waals surface area (Å²) in [5.41, 5.74) is 1.03. The number of furan rings is 1. The molecule has 0 unspecified atom stereocenters. The molecule has 5 heteroatoms. The number of Topliss-reactive ketones (excluding diaryl/α,β-unsaturated/α-hetero) is 1. The molecule has 1 saturated heterocycles. The standard InChI is InChI=1S/C19H23NO4/c1-13-17(12-22-2)20(14-6-8-15(23-3)9-7-14)16(11-18(13)21)19-5-4-10-24-19/h4-10,13,16-17H,11-12H2,1-3H3/t13-,16-,17+/m0/s1. The Balaban J connectivity index is 2.03. The zero-order valence-corrected chi connectivity index (χ0v) is 14.3. The van der Waals surface area contributed by atoms with Gasteiger partial charge < -0.3 is 18.8 Å². The highest BCUT2D eigenvalue weighted by molar-refractivity contribution is 5.85. The molecular weight excluding hydrogens is 306 g/mol. The van der Waals surface area contributed by atoms with Gasteiger partial charge in [-0.1, -0.05) is 6.92 Å². The highest BCUT2D eigenvalue weighted by Gasteiger charge is 2.41. The lowest BCUT2D eigenvalue weighted by Crippen LogP contribution is -2.52. The Morgan fingerprint density at radius 1 is 1.21 bits per heavy atom. The first-order chi connectivity index (χ1) is 11.7. The lowest BCUT2D eigenvalue weighted by atomic mass is 9.84. The van der Waals surface area contributed by atoms with E-state index in [4.69, 9.17) is 13.9 Å². The van der Waals surface area contributed by atoms with Crippen LogP contribution in [-0.4, -0.2) is 32.7 Å². The van der Waals surface area contributed by atoms with Crippen LogP contribution in [0.3, 0.4) is 0 Å². The molecule has 128 valence electrons. The Bertz CT molecular complexity index is 665. The second kappa shape index (κ2) is 7.09. The van der Waals surface area contributed by atoms with Crippen molar-refractivity contribution in [3.8, 4) is 5.75 Å². The first-order valence-electron chi connectivity index (χ1n) is 8.13. The number of nitrogens with zero attached hydrogens (tertiary/aromatic N) is 1. The summed E-state index contributed by atoms with van der Waals surface area (Å²) in [6.45, 7) is 2.46. The van der Waals surface area contributed by atoms with Gasteiger partial charge in [-0.15, -0.1) is 0 Å². The summed E-state index contributed by atoms with van der Waals surface area (Å²) in [5, 5.41) is 0. The quantitative estimate of drug-likeness (QED) is 0.841. The lowest BCUT2D eigenvalue weighted by Gasteiger charge is -2.45. The van der Waals surface area contributed by atoms with Gasteiger partial charge in [0.05, 0.1) is 32.1 Å². The predicted octanol–water partition coefficient (Wildman–Crippen LogP) is 3.46. The molecule has 0 aliphatic carbocycles. The SMILES string of the molecule is COC[C@@H]1[C@H](C)C(=O)C[C@@H](c2ccco2)N1c1ccc(OC)cc1. The van der Waals surface area contributed by atoms with Crippen LogP contribution in [0.4, 0.5) is 5.69 Å². The van der Waals surface area contributed by atoms with Crippen molar-refractivity contribution < 1.29 is 18.7 Å². The van der Waals surface area contributed by atoms with Crippen molar-refractivity contribution in [2.45, 2.75) is 25.4 Å². The Hall–Kier alpha value is -2.27. The molecule has 0 amide bonds. The first kappa shape index (κ1) is 16.6. The summed E-state index contributed by atoms with van der Waals surface area (Å²) < 4.78 is 16.3. The van der Waals surface area contributed by atoms with E-state index in [1.165, 1.54) is 0 Å². The van der Waals surface area contributed by atoms with Crippen LogP contribution < -0.4 is 9.64 Å². The first-order valence-corrected chi connectivity index (χ1v) is 8.13. The Morgan fingerprint density at radius 3 is 2.54 bits per heavy atom. The fraction of sp³-hybridized carbons (Fsp3) is 0.421. The molecule has 1 aliphatic heterocycles. The fourth-order valence-electron chi connectivity index (χ4n) is 3.40. The van der Waals surface area contributed by atoms with Gasteiger partial charge in [-0.05, 0) is 36.4 Å². The summed E-state index contributed by atoms with van der Waals surface area (Å²) in [6.07, 6.45) is 2.08. The maximum atomic E-state index is 12.5. The molecule has 2 aromatic rings. The molecular formula is C19H23NO4. The molecule has 0 N–H and O–H groups in total. The van der Waals surface area contributed by atoms with Crippen LogP contribution in [0.5, 0.6) is 5.75 Å². The van der Waals surface area contributed by atoms with Crippen molar-refractivity contribution in [1.82, 2.24) is 0 Å². The number of ketones is 1. The van der Waals surface area contributed by atoms with Gasteiger partial charge in [-0.2, -0.15) is 0 Å². The van der Waals surface area contributed by atoms with Crippen molar-refractivity contribution in [3.63, 3.8) is 0 Å². The van der Waals surface area contributed by atoms with Gasteiger partial charge in [0.15, 0.2) is 0 Å². The second-order valence-corrected chi connectivity index (χ2v) is 6.12. The third-order valence-electron chi connectivity index (χ3n) is 4.75. The fourth-order valence-corrected chi connectivity index (χ4v) is 3.40. The van der Waals surface area contributed by atoms with E-state index < -0.39 is 0 Å². The number of carbonyl (C=O) groups is 1. The summed E-state index contributed by atoms with van der Waals surface area (Å²) in [7, 11) is 3.32. The minimum absolute atomic E-state index is 0.0419. The summed E-state index contributed by atoms with van der Waals surface area (Å²) in [4.78, 5) is 14.8. The molecule has 24 heavy (non-hydrogen) atoms. The van der Waals surface area contributed by atoms with E-state index in [0.29, 0.717) is 13.0 Å². The van der Waals surface area contributed by atoms with Crippen LogP contribution >= 0.6 is 0 Å². The van der Waals surface area contributed by atoms with E-state index in [-0.39, 0.29) is 23.8 Å². The highest BCUT2D eigenvalue weighted by atomic mass is 16.5. The smallest absolute Gasteiger partial charge is 0.140 e. The van der Waals surface area contributed by atoms with E-state index in [1.54, 1.807) is 20.5 Å². The van der Waals surface area contributed by atoms with Crippen LogP contribution in [-0.2, 0) is 9.53 Å². The van der Waals surface area contributed by atoms with Gasteiger partial charge in [0, 0.05) is 25.1 Å². The number of anilines is 1. The number of hydrogen-bond acceptors (Lipinski definition) is 5. The number of hydrogen-bond donors (Lipinski definition) is 0. The molecule has 1 fully saturated rings. The van der Waals surface area contributed by atoms with E-state index in [2.05, 4.69) is 4.90 Å². The van der Waals surface area contributed by atoms with Crippen molar-refractivity contribution >= 4 is 11.5 Å². The van der Waals surface area contributed by atoms with Crippen molar-refractivity contribution in [1.29, 1.82) is 0 Å². The molecule has 0 spiro atoms. The normalized spacial score (nSPS) is 24.2. The molecule has 0 bridgehead atoms. The average Bonchev–Trinajstić information content (AvgIpc) is 3.13. The Kier molecular flexibility index (Phi) is 4.90. The number of methoxy groups -OCH3 is 2. The van der Waals surface area contributed by atoms with Gasteiger partial charge in [-0.3, -0.25) is 4.79 Å². The minimum atomic E-state index is -0.128. The zero-order chi connectivity index (χ0) is 17.1.